The van der Waals surface area contributed by atoms with Gasteiger partial charge in [-0.25, -0.2) is 0 Å². The highest BCUT2D eigenvalue weighted by Gasteiger charge is 2.34. The number of para-hydroxylation sites is 1. The molecular formula is C22H20F2N2O5S. The quantitative estimate of drug-likeness (QED) is 0.572. The molecule has 3 rings (SSSR count). The van der Waals surface area contributed by atoms with Crippen molar-refractivity contribution in [1.29, 1.82) is 0 Å². The van der Waals surface area contributed by atoms with E-state index in [9.17, 15) is 23.2 Å². The molecule has 7 nitrogen and oxygen atoms in total. The molecule has 0 bridgehead atoms. The van der Waals surface area contributed by atoms with Gasteiger partial charge in [-0.3, -0.25) is 19.3 Å². The van der Waals surface area contributed by atoms with Crippen molar-refractivity contribution < 1.29 is 32.6 Å². The molecule has 32 heavy (non-hydrogen) atoms. The second kappa shape index (κ2) is 10.8. The van der Waals surface area contributed by atoms with Gasteiger partial charge in [-0.1, -0.05) is 30.3 Å². The number of halogens is 2. The van der Waals surface area contributed by atoms with E-state index in [1.54, 1.807) is 24.3 Å². The van der Waals surface area contributed by atoms with Crippen LogP contribution >= 0.6 is 11.8 Å². The van der Waals surface area contributed by atoms with E-state index in [0.29, 0.717) is 11.3 Å². The van der Waals surface area contributed by atoms with E-state index < -0.39 is 17.8 Å². The third kappa shape index (κ3) is 6.07. The Morgan fingerprint density at radius 2 is 1.88 bits per heavy atom. The van der Waals surface area contributed by atoms with Crippen LogP contribution in [0.1, 0.15) is 11.1 Å². The molecule has 0 saturated carbocycles. The van der Waals surface area contributed by atoms with Crippen molar-refractivity contribution in [3.05, 3.63) is 64.6 Å². The zero-order valence-corrected chi connectivity index (χ0v) is 17.9. The van der Waals surface area contributed by atoms with E-state index in [1.165, 1.54) is 37.5 Å². The van der Waals surface area contributed by atoms with Gasteiger partial charge >= 0.3 is 6.61 Å². The third-order valence-electron chi connectivity index (χ3n) is 4.48. The Balaban J connectivity index is 1.53. The number of carbonyl (C=O) groups is 3. The largest absolute Gasteiger partial charge is 0.496 e. The van der Waals surface area contributed by atoms with Crippen LogP contribution in [0.2, 0.25) is 0 Å². The first-order valence-corrected chi connectivity index (χ1v) is 10.4. The number of imide groups is 1. The standard InChI is InChI=1S/C22H20F2N2O5S/c1-30-17-5-3-2-4-15(17)13-19(27)25-10-11-26-20(28)18(32-22(26)29)12-14-6-8-16(9-7-14)31-21(23)24/h2-9,12,21H,10-11,13H2,1H3,(H,25,27). The zero-order valence-electron chi connectivity index (χ0n) is 17.0. The molecule has 0 aromatic heterocycles. The van der Waals surface area contributed by atoms with Gasteiger partial charge in [0.15, 0.2) is 0 Å². The summed E-state index contributed by atoms with van der Waals surface area (Å²) in [5.74, 6) is -0.142. The molecule has 0 unspecified atom stereocenters. The van der Waals surface area contributed by atoms with Gasteiger partial charge in [-0.05, 0) is 41.6 Å². The van der Waals surface area contributed by atoms with Crippen molar-refractivity contribution in [2.45, 2.75) is 13.0 Å². The molecule has 168 valence electrons. The van der Waals surface area contributed by atoms with Gasteiger partial charge in [0.1, 0.15) is 11.5 Å². The Morgan fingerprint density at radius 3 is 2.56 bits per heavy atom. The molecule has 0 spiro atoms. The summed E-state index contributed by atoms with van der Waals surface area (Å²) < 4.78 is 33.9. The summed E-state index contributed by atoms with van der Waals surface area (Å²) >= 11 is 0.776. The van der Waals surface area contributed by atoms with E-state index in [2.05, 4.69) is 10.1 Å². The summed E-state index contributed by atoms with van der Waals surface area (Å²) in [7, 11) is 1.52. The molecule has 0 radical (unpaired) electrons. The van der Waals surface area contributed by atoms with Gasteiger partial charge in [0.2, 0.25) is 5.91 Å². The number of nitrogens with one attached hydrogen (secondary N) is 1. The molecule has 1 aliphatic heterocycles. The Morgan fingerprint density at radius 1 is 1.16 bits per heavy atom. The van der Waals surface area contributed by atoms with Gasteiger partial charge in [-0.15, -0.1) is 0 Å². The van der Waals surface area contributed by atoms with Crippen LogP contribution in [0.4, 0.5) is 13.6 Å². The van der Waals surface area contributed by atoms with Crippen molar-refractivity contribution in [2.24, 2.45) is 0 Å². The predicted octanol–water partition coefficient (Wildman–Crippen LogP) is 3.69. The minimum absolute atomic E-state index is 0.00545. The summed E-state index contributed by atoms with van der Waals surface area (Å²) in [5.41, 5.74) is 1.29. The Labute approximate surface area is 187 Å². The fraction of sp³-hybridized carbons (Fsp3) is 0.227. The van der Waals surface area contributed by atoms with E-state index in [1.807, 2.05) is 0 Å². The monoisotopic (exact) mass is 462 g/mol. The molecule has 1 heterocycles. The molecular weight excluding hydrogens is 442 g/mol. The fourth-order valence-electron chi connectivity index (χ4n) is 2.98. The van der Waals surface area contributed by atoms with Crippen LogP contribution in [-0.4, -0.2) is 48.8 Å². The number of hydrogen-bond donors (Lipinski definition) is 1. The van der Waals surface area contributed by atoms with E-state index in [-0.39, 0.29) is 36.1 Å². The minimum Gasteiger partial charge on any atom is -0.496 e. The molecule has 2 aromatic carbocycles. The number of ether oxygens (including phenoxy) is 2. The zero-order chi connectivity index (χ0) is 23.1. The summed E-state index contributed by atoms with van der Waals surface area (Å²) in [4.78, 5) is 38.2. The smallest absolute Gasteiger partial charge is 0.387 e. The first kappa shape index (κ1) is 23.3. The first-order valence-electron chi connectivity index (χ1n) is 9.56. The molecule has 10 heteroatoms. The SMILES string of the molecule is COc1ccccc1CC(=O)NCCN1C(=O)SC(=Cc2ccc(OC(F)F)cc2)C1=O. The van der Waals surface area contributed by atoms with Gasteiger partial charge in [0, 0.05) is 18.7 Å². The lowest BCUT2D eigenvalue weighted by Gasteiger charge is -2.13. The predicted molar refractivity (Wildman–Crippen MR) is 115 cm³/mol. The molecule has 2 aromatic rings. The van der Waals surface area contributed by atoms with E-state index >= 15 is 0 Å². The topological polar surface area (TPSA) is 84.9 Å². The van der Waals surface area contributed by atoms with Crippen LogP contribution < -0.4 is 14.8 Å². The number of benzene rings is 2. The maximum Gasteiger partial charge on any atom is 0.387 e. The van der Waals surface area contributed by atoms with Gasteiger partial charge in [0.05, 0.1) is 18.4 Å². The number of carbonyl (C=O) groups excluding carboxylic acids is 3. The summed E-state index contributed by atoms with van der Waals surface area (Å²) in [6.45, 7) is -2.78. The Bertz CT molecular complexity index is 1030. The van der Waals surface area contributed by atoms with Crippen LogP contribution in [0.15, 0.2) is 53.4 Å². The van der Waals surface area contributed by atoms with Gasteiger partial charge < -0.3 is 14.8 Å². The maximum atomic E-state index is 12.5. The lowest BCUT2D eigenvalue weighted by Crippen LogP contribution is -2.37. The van der Waals surface area contributed by atoms with Crippen molar-refractivity contribution in [1.82, 2.24) is 10.2 Å². The average molecular weight is 462 g/mol. The summed E-state index contributed by atoms with van der Waals surface area (Å²) in [5, 5.41) is 2.25. The number of methoxy groups -OCH3 is 1. The minimum atomic E-state index is -2.92. The van der Waals surface area contributed by atoms with Crippen LogP contribution in [0.5, 0.6) is 11.5 Å². The van der Waals surface area contributed by atoms with Crippen molar-refractivity contribution in [3.63, 3.8) is 0 Å². The summed E-state index contributed by atoms with van der Waals surface area (Å²) in [6.07, 6.45) is 1.61. The number of alkyl halides is 2. The first-order chi connectivity index (χ1) is 15.4. The molecule has 1 fully saturated rings. The second-order valence-electron chi connectivity index (χ2n) is 6.62. The van der Waals surface area contributed by atoms with Crippen molar-refractivity contribution in [3.8, 4) is 11.5 Å². The van der Waals surface area contributed by atoms with Gasteiger partial charge in [0.25, 0.3) is 11.1 Å². The number of nitrogens with zero attached hydrogens (tertiary/aromatic N) is 1. The highest BCUT2D eigenvalue weighted by Crippen LogP contribution is 2.32. The third-order valence-corrected chi connectivity index (χ3v) is 5.39. The van der Waals surface area contributed by atoms with Crippen LogP contribution in [0.25, 0.3) is 6.08 Å². The van der Waals surface area contributed by atoms with Crippen LogP contribution in [0.3, 0.4) is 0 Å². The Kier molecular flexibility index (Phi) is 7.82. The lowest BCUT2D eigenvalue weighted by atomic mass is 10.1. The van der Waals surface area contributed by atoms with E-state index in [4.69, 9.17) is 4.74 Å². The molecule has 0 aliphatic carbocycles. The molecule has 3 amide bonds. The lowest BCUT2D eigenvalue weighted by molar-refractivity contribution is -0.124. The molecule has 1 N–H and O–H groups in total. The van der Waals surface area contributed by atoms with E-state index in [0.717, 1.165) is 22.2 Å². The maximum absolute atomic E-state index is 12.5. The second-order valence-corrected chi connectivity index (χ2v) is 7.61. The van der Waals surface area contributed by atoms with Crippen molar-refractivity contribution in [2.75, 3.05) is 20.2 Å². The normalized spacial score (nSPS) is 14.9. The molecule has 1 saturated heterocycles. The summed E-state index contributed by atoms with van der Waals surface area (Å²) in [6, 6.07) is 12.9. The number of rotatable bonds is 9. The van der Waals surface area contributed by atoms with Crippen molar-refractivity contribution >= 4 is 34.9 Å². The van der Waals surface area contributed by atoms with Crippen LogP contribution in [0, 0.1) is 0 Å². The average Bonchev–Trinajstić information content (AvgIpc) is 3.02. The number of thioether (sulfide) groups is 1. The number of hydrogen-bond acceptors (Lipinski definition) is 6. The highest BCUT2D eigenvalue weighted by atomic mass is 32.2. The van der Waals surface area contributed by atoms with Crippen LogP contribution in [-0.2, 0) is 16.0 Å². The Hall–Kier alpha value is -3.40. The molecule has 1 aliphatic rings. The van der Waals surface area contributed by atoms with Gasteiger partial charge in [-0.2, -0.15) is 8.78 Å². The highest BCUT2D eigenvalue weighted by molar-refractivity contribution is 8.18. The fourth-order valence-corrected chi connectivity index (χ4v) is 3.85. The number of amides is 3. The molecule has 0 atom stereocenters.